The highest BCUT2D eigenvalue weighted by Gasteiger charge is 2.35. The summed E-state index contributed by atoms with van der Waals surface area (Å²) in [5.41, 5.74) is 6.77. The molecule has 50 heavy (non-hydrogen) atoms. The van der Waals surface area contributed by atoms with Crippen molar-refractivity contribution in [3.8, 4) is 5.75 Å². The third-order valence-electron chi connectivity index (χ3n) is 10.3. The Labute approximate surface area is 300 Å². The molecule has 8 heteroatoms. The summed E-state index contributed by atoms with van der Waals surface area (Å²) in [4.78, 5) is 32.0. The Morgan fingerprint density at radius 2 is 1.54 bits per heavy atom. The molecule has 0 radical (unpaired) electrons. The van der Waals surface area contributed by atoms with Gasteiger partial charge in [0, 0.05) is 27.9 Å². The summed E-state index contributed by atoms with van der Waals surface area (Å²) in [6.45, 7) is 7.55. The van der Waals surface area contributed by atoms with E-state index in [1.807, 2.05) is 12.1 Å². The maximum atomic E-state index is 13.4. The first-order valence-corrected chi connectivity index (χ1v) is 17.9. The van der Waals surface area contributed by atoms with Crippen LogP contribution in [0.4, 0.5) is 0 Å². The number of hydrogen-bond donors (Lipinski definition) is 3. The van der Waals surface area contributed by atoms with Crippen molar-refractivity contribution in [2.24, 2.45) is 0 Å². The second-order valence-corrected chi connectivity index (χ2v) is 14.1. The molecule has 2 heterocycles. The largest absolute Gasteiger partial charge is 0.496 e. The maximum Gasteiger partial charge on any atom is 0.268 e. The topological polar surface area (TPSA) is 86.5 Å². The molecular weight excluding hydrogens is 644 g/mol. The first kappa shape index (κ1) is 35.2. The van der Waals surface area contributed by atoms with E-state index in [9.17, 15) is 9.59 Å². The minimum absolute atomic E-state index is 0.131. The van der Waals surface area contributed by atoms with Crippen LogP contribution in [0.15, 0.2) is 97.1 Å². The van der Waals surface area contributed by atoms with Crippen LogP contribution in [0.2, 0.25) is 5.02 Å². The number of hydrogen-bond acceptors (Lipinski definition) is 4. The summed E-state index contributed by atoms with van der Waals surface area (Å²) >= 11 is 6.12. The van der Waals surface area contributed by atoms with Gasteiger partial charge in [-0.3, -0.25) is 9.59 Å². The Morgan fingerprint density at radius 3 is 2.20 bits per heavy atom. The lowest BCUT2D eigenvalue weighted by Gasteiger charge is -2.37. The molecule has 3 N–H and O–H groups in total. The summed E-state index contributed by atoms with van der Waals surface area (Å²) < 4.78 is 5.66. The fraction of sp³-hybridized carbons (Fsp3) is 0.333. The zero-order chi connectivity index (χ0) is 35.1. The van der Waals surface area contributed by atoms with Crippen LogP contribution in [-0.4, -0.2) is 61.5 Å². The number of fused-ring (bicyclic) bond motifs is 1. The molecule has 5 aromatic rings. The normalized spacial score (nSPS) is 14.1. The molecule has 0 spiro atoms. The Kier molecular flexibility index (Phi) is 11.3. The molecule has 0 aliphatic carbocycles. The zero-order valence-corrected chi connectivity index (χ0v) is 30.0. The number of aryl methyl sites for hydroxylation is 2. The second kappa shape index (κ2) is 16.0. The molecular formula is C42H47ClN4O3. The average molecular weight is 691 g/mol. The summed E-state index contributed by atoms with van der Waals surface area (Å²) in [5, 5.41) is 7.43. The van der Waals surface area contributed by atoms with E-state index in [0.29, 0.717) is 23.2 Å². The maximum absolute atomic E-state index is 13.4. The zero-order valence-electron chi connectivity index (χ0n) is 29.2. The van der Waals surface area contributed by atoms with Crippen molar-refractivity contribution in [2.45, 2.75) is 50.9 Å². The third kappa shape index (κ3) is 8.23. The summed E-state index contributed by atoms with van der Waals surface area (Å²) in [7, 11) is 1.75. The van der Waals surface area contributed by atoms with Gasteiger partial charge in [0.25, 0.3) is 5.91 Å². The number of likely N-dealkylation sites (tertiary alicyclic amines) is 1. The van der Waals surface area contributed by atoms with Gasteiger partial charge < -0.3 is 25.3 Å². The van der Waals surface area contributed by atoms with Crippen molar-refractivity contribution in [3.05, 3.63) is 136 Å². The van der Waals surface area contributed by atoms with Crippen LogP contribution < -0.4 is 15.4 Å². The van der Waals surface area contributed by atoms with E-state index >= 15 is 0 Å². The van der Waals surface area contributed by atoms with Gasteiger partial charge >= 0.3 is 0 Å². The van der Waals surface area contributed by atoms with E-state index in [4.69, 9.17) is 16.3 Å². The Bertz CT molecular complexity index is 1860. The van der Waals surface area contributed by atoms with Gasteiger partial charge in [-0.1, -0.05) is 89.5 Å². The number of aromatic amines is 1. The number of nitrogens with zero attached hydrogens (tertiary/aromatic N) is 1. The molecule has 1 aromatic heterocycles. The SMILES string of the molecule is COc1ccccc1C1CCN(CCCC(CNC(=O)CNC(=O)c2cc3cc(Cl)ccc3[nH]2)(c2ccc(C)cc2)c2ccc(C)cc2)CC1. The van der Waals surface area contributed by atoms with E-state index in [0.717, 1.165) is 62.0 Å². The lowest BCUT2D eigenvalue weighted by atomic mass is 9.70. The van der Waals surface area contributed by atoms with Crippen LogP contribution in [0.3, 0.4) is 0 Å². The summed E-state index contributed by atoms with van der Waals surface area (Å²) in [6, 6.07) is 32.9. The number of ether oxygens (including phenoxy) is 1. The molecule has 1 aliphatic heterocycles. The van der Waals surface area contributed by atoms with Crippen LogP contribution in [0, 0.1) is 13.8 Å². The minimum atomic E-state index is -0.451. The third-order valence-corrected chi connectivity index (χ3v) is 10.5. The number of H-pyrrole nitrogens is 1. The summed E-state index contributed by atoms with van der Waals surface area (Å²) in [6.07, 6.45) is 4.04. The van der Waals surface area contributed by atoms with Gasteiger partial charge in [-0.05, 0) is 112 Å². The number of halogens is 1. The molecule has 2 amide bonds. The van der Waals surface area contributed by atoms with Gasteiger partial charge in [0.2, 0.25) is 5.91 Å². The number of carbonyl (C=O) groups excluding carboxylic acids is 2. The van der Waals surface area contributed by atoms with Crippen molar-refractivity contribution in [1.29, 1.82) is 0 Å². The molecule has 0 bridgehead atoms. The summed E-state index contributed by atoms with van der Waals surface area (Å²) in [5.74, 6) is 0.911. The first-order chi connectivity index (χ1) is 24.2. The minimum Gasteiger partial charge on any atom is -0.496 e. The quantitative estimate of drug-likeness (QED) is 0.117. The van der Waals surface area contributed by atoms with E-state index in [2.05, 4.69) is 101 Å². The van der Waals surface area contributed by atoms with Crippen molar-refractivity contribution >= 4 is 34.3 Å². The van der Waals surface area contributed by atoms with Crippen LogP contribution in [0.5, 0.6) is 5.75 Å². The second-order valence-electron chi connectivity index (χ2n) is 13.6. The molecule has 4 aromatic carbocycles. The highest BCUT2D eigenvalue weighted by atomic mass is 35.5. The van der Waals surface area contributed by atoms with Crippen LogP contribution in [0.25, 0.3) is 10.9 Å². The Hall–Kier alpha value is -4.59. The molecule has 0 saturated carbocycles. The number of aromatic nitrogens is 1. The molecule has 260 valence electrons. The fourth-order valence-electron chi connectivity index (χ4n) is 7.36. The average Bonchev–Trinajstić information content (AvgIpc) is 3.56. The van der Waals surface area contributed by atoms with Crippen molar-refractivity contribution < 1.29 is 14.3 Å². The lowest BCUT2D eigenvalue weighted by molar-refractivity contribution is -0.120. The molecule has 1 fully saturated rings. The predicted octanol–water partition coefficient (Wildman–Crippen LogP) is 7.94. The fourth-order valence-corrected chi connectivity index (χ4v) is 7.54. The highest BCUT2D eigenvalue weighted by Crippen LogP contribution is 2.38. The lowest BCUT2D eigenvalue weighted by Crippen LogP contribution is -2.45. The predicted molar refractivity (Wildman–Crippen MR) is 202 cm³/mol. The highest BCUT2D eigenvalue weighted by molar-refractivity contribution is 6.31. The first-order valence-electron chi connectivity index (χ1n) is 17.6. The molecule has 1 aliphatic rings. The van der Waals surface area contributed by atoms with Gasteiger partial charge in [-0.25, -0.2) is 0 Å². The number of piperidine rings is 1. The molecule has 6 rings (SSSR count). The number of nitrogens with one attached hydrogen (secondary N) is 3. The van der Waals surface area contributed by atoms with Crippen LogP contribution >= 0.6 is 11.6 Å². The number of benzene rings is 4. The van der Waals surface area contributed by atoms with E-state index in [1.165, 1.54) is 27.8 Å². The van der Waals surface area contributed by atoms with Gasteiger partial charge in [0.15, 0.2) is 0 Å². The van der Waals surface area contributed by atoms with Crippen molar-refractivity contribution in [2.75, 3.05) is 39.8 Å². The van der Waals surface area contributed by atoms with E-state index in [-0.39, 0.29) is 18.4 Å². The van der Waals surface area contributed by atoms with Crippen LogP contribution in [-0.2, 0) is 10.2 Å². The van der Waals surface area contributed by atoms with E-state index in [1.54, 1.807) is 25.3 Å². The molecule has 1 saturated heterocycles. The molecule has 0 atom stereocenters. The monoisotopic (exact) mass is 690 g/mol. The number of amides is 2. The van der Waals surface area contributed by atoms with Gasteiger partial charge in [0.1, 0.15) is 11.4 Å². The number of methoxy groups -OCH3 is 1. The van der Waals surface area contributed by atoms with Gasteiger partial charge in [-0.2, -0.15) is 0 Å². The van der Waals surface area contributed by atoms with Gasteiger partial charge in [0.05, 0.1) is 13.7 Å². The molecule has 7 nitrogen and oxygen atoms in total. The number of para-hydroxylation sites is 1. The van der Waals surface area contributed by atoms with Gasteiger partial charge in [-0.15, -0.1) is 0 Å². The standard InChI is InChI=1S/C42H47ClN4O3/c1-29-9-13-33(14-10-29)42(34-15-11-30(2)12-16-34,21-6-22-47-23-19-31(20-24-47)36-7-4-5-8-39(36)50-3)28-45-40(48)27-44-41(49)38-26-32-25-35(43)17-18-37(32)46-38/h4-5,7-18,25-26,31,46H,6,19-24,27-28H2,1-3H3,(H,44,49)(H,45,48). The van der Waals surface area contributed by atoms with Crippen molar-refractivity contribution in [3.63, 3.8) is 0 Å². The Morgan fingerprint density at radius 1 is 0.880 bits per heavy atom. The molecule has 0 unspecified atom stereocenters. The van der Waals surface area contributed by atoms with Crippen molar-refractivity contribution in [1.82, 2.24) is 20.5 Å². The van der Waals surface area contributed by atoms with Crippen LogP contribution in [0.1, 0.15) is 69.9 Å². The number of rotatable bonds is 13. The van der Waals surface area contributed by atoms with E-state index < -0.39 is 5.41 Å². The smallest absolute Gasteiger partial charge is 0.268 e. The Balaban J connectivity index is 1.14. The number of carbonyl (C=O) groups is 2.